The average Bonchev–Trinajstić information content (AvgIpc) is 2.61. The van der Waals surface area contributed by atoms with Crippen molar-refractivity contribution in [3.8, 4) is 11.1 Å². The van der Waals surface area contributed by atoms with Crippen molar-refractivity contribution in [3.63, 3.8) is 0 Å². The van der Waals surface area contributed by atoms with Crippen LogP contribution in [0.25, 0.3) is 16.7 Å². The van der Waals surface area contributed by atoms with Crippen LogP contribution in [0.5, 0.6) is 0 Å². The summed E-state index contributed by atoms with van der Waals surface area (Å²) in [4.78, 5) is 17.4. The summed E-state index contributed by atoms with van der Waals surface area (Å²) in [6, 6.07) is 8.05. The third kappa shape index (κ3) is 3.99. The summed E-state index contributed by atoms with van der Waals surface area (Å²) < 4.78 is 25.4. The molecule has 2 aromatic rings. The molecule has 2 heterocycles. The standard InChI is InChI=1S/C21H22FNO3/c1-21(2,3)26-20(24)18-16(15-6-4-5-7-17(15)22)8-11-23-19(18)14-9-12-25-13-10-14/h4-9,11H,10,12-13H2,1-3H3. The largest absolute Gasteiger partial charge is 0.456 e. The number of hydrogen-bond acceptors (Lipinski definition) is 4. The highest BCUT2D eigenvalue weighted by Gasteiger charge is 2.27. The number of aromatic nitrogens is 1. The molecule has 1 aromatic heterocycles. The van der Waals surface area contributed by atoms with Crippen LogP contribution in [0.4, 0.5) is 4.39 Å². The van der Waals surface area contributed by atoms with Gasteiger partial charge in [0.15, 0.2) is 0 Å². The van der Waals surface area contributed by atoms with Crippen LogP contribution in [-0.2, 0) is 9.47 Å². The first-order valence-electron chi connectivity index (χ1n) is 8.61. The zero-order valence-electron chi connectivity index (χ0n) is 15.2. The van der Waals surface area contributed by atoms with E-state index in [1.165, 1.54) is 6.07 Å². The monoisotopic (exact) mass is 355 g/mol. The van der Waals surface area contributed by atoms with Crippen molar-refractivity contribution in [1.82, 2.24) is 4.98 Å². The van der Waals surface area contributed by atoms with Gasteiger partial charge in [-0.15, -0.1) is 0 Å². The van der Waals surface area contributed by atoms with Gasteiger partial charge in [-0.1, -0.05) is 24.3 Å². The molecule has 136 valence electrons. The normalized spacial score (nSPS) is 14.7. The SMILES string of the molecule is CC(C)(C)OC(=O)c1c(-c2ccccc2F)ccnc1C1=CCOCC1. The van der Waals surface area contributed by atoms with E-state index in [0.29, 0.717) is 42.0 Å². The molecule has 0 N–H and O–H groups in total. The van der Waals surface area contributed by atoms with Gasteiger partial charge in [0.1, 0.15) is 11.4 Å². The van der Waals surface area contributed by atoms with Gasteiger partial charge in [-0.25, -0.2) is 9.18 Å². The molecule has 3 rings (SSSR count). The summed E-state index contributed by atoms with van der Waals surface area (Å²) in [5.41, 5.74) is 1.90. The number of ether oxygens (including phenoxy) is 2. The highest BCUT2D eigenvalue weighted by molar-refractivity contribution is 6.01. The van der Waals surface area contributed by atoms with Gasteiger partial charge >= 0.3 is 5.97 Å². The van der Waals surface area contributed by atoms with Gasteiger partial charge < -0.3 is 9.47 Å². The second-order valence-corrected chi connectivity index (χ2v) is 7.12. The summed E-state index contributed by atoms with van der Waals surface area (Å²) in [7, 11) is 0. The molecule has 0 radical (unpaired) electrons. The smallest absolute Gasteiger partial charge is 0.341 e. The second-order valence-electron chi connectivity index (χ2n) is 7.12. The van der Waals surface area contributed by atoms with E-state index in [2.05, 4.69) is 4.98 Å². The molecular weight excluding hydrogens is 333 g/mol. The summed E-state index contributed by atoms with van der Waals surface area (Å²) >= 11 is 0. The van der Waals surface area contributed by atoms with Gasteiger partial charge in [0.2, 0.25) is 0 Å². The van der Waals surface area contributed by atoms with Crippen LogP contribution in [0.2, 0.25) is 0 Å². The summed E-state index contributed by atoms with van der Waals surface area (Å²) in [5, 5.41) is 0. The molecule has 0 amide bonds. The van der Waals surface area contributed by atoms with Gasteiger partial charge in [0.25, 0.3) is 0 Å². The maximum Gasteiger partial charge on any atom is 0.341 e. The summed E-state index contributed by atoms with van der Waals surface area (Å²) in [6.07, 6.45) is 4.15. The Morgan fingerprint density at radius 3 is 2.62 bits per heavy atom. The number of benzene rings is 1. The molecule has 0 atom stereocenters. The number of nitrogens with zero attached hydrogens (tertiary/aromatic N) is 1. The maximum absolute atomic E-state index is 14.4. The average molecular weight is 355 g/mol. The number of halogens is 1. The third-order valence-electron chi connectivity index (χ3n) is 3.99. The molecule has 1 aliphatic rings. The Labute approximate surface area is 152 Å². The molecule has 1 aromatic carbocycles. The van der Waals surface area contributed by atoms with Crippen LogP contribution in [-0.4, -0.2) is 29.8 Å². The van der Waals surface area contributed by atoms with Crippen molar-refractivity contribution in [1.29, 1.82) is 0 Å². The van der Waals surface area contributed by atoms with Crippen LogP contribution < -0.4 is 0 Å². The van der Waals surface area contributed by atoms with Gasteiger partial charge in [0, 0.05) is 17.3 Å². The molecule has 0 aliphatic carbocycles. The number of carbonyl (C=O) groups is 1. The highest BCUT2D eigenvalue weighted by atomic mass is 19.1. The molecule has 0 bridgehead atoms. The van der Waals surface area contributed by atoms with Crippen LogP contribution in [0.3, 0.4) is 0 Å². The number of carbonyl (C=O) groups excluding carboxylic acids is 1. The predicted molar refractivity (Wildman–Crippen MR) is 98.2 cm³/mol. The highest BCUT2D eigenvalue weighted by Crippen LogP contribution is 2.33. The molecule has 26 heavy (non-hydrogen) atoms. The van der Waals surface area contributed by atoms with Gasteiger partial charge in [-0.2, -0.15) is 0 Å². The number of hydrogen-bond donors (Lipinski definition) is 0. The number of rotatable bonds is 3. The minimum absolute atomic E-state index is 0.292. The Hall–Kier alpha value is -2.53. The zero-order chi connectivity index (χ0) is 18.7. The molecule has 0 spiro atoms. The number of pyridine rings is 1. The predicted octanol–water partition coefficient (Wildman–Crippen LogP) is 4.65. The van der Waals surface area contributed by atoms with E-state index in [1.54, 1.807) is 51.2 Å². The van der Waals surface area contributed by atoms with Crippen molar-refractivity contribution in [2.45, 2.75) is 32.8 Å². The van der Waals surface area contributed by atoms with Gasteiger partial charge in [-0.3, -0.25) is 4.98 Å². The first kappa shape index (κ1) is 18.3. The molecule has 4 nitrogen and oxygen atoms in total. The molecular formula is C21H22FNO3. The Kier molecular flexibility index (Phi) is 5.18. The molecule has 0 saturated carbocycles. The van der Waals surface area contributed by atoms with Crippen LogP contribution in [0.15, 0.2) is 42.6 Å². The zero-order valence-corrected chi connectivity index (χ0v) is 15.2. The minimum Gasteiger partial charge on any atom is -0.456 e. The first-order valence-corrected chi connectivity index (χ1v) is 8.61. The molecule has 0 fully saturated rings. The van der Waals surface area contributed by atoms with Crippen molar-refractivity contribution < 1.29 is 18.7 Å². The van der Waals surface area contributed by atoms with Crippen LogP contribution >= 0.6 is 0 Å². The molecule has 0 saturated heterocycles. The van der Waals surface area contributed by atoms with E-state index < -0.39 is 17.4 Å². The third-order valence-corrected chi connectivity index (χ3v) is 3.99. The van der Waals surface area contributed by atoms with Crippen LogP contribution in [0, 0.1) is 5.82 Å². The number of esters is 1. The van der Waals surface area contributed by atoms with Crippen LogP contribution in [0.1, 0.15) is 43.2 Å². The molecule has 1 aliphatic heterocycles. The fourth-order valence-electron chi connectivity index (χ4n) is 2.89. The van der Waals surface area contributed by atoms with Crippen molar-refractivity contribution >= 4 is 11.5 Å². The summed E-state index contributed by atoms with van der Waals surface area (Å²) in [5.74, 6) is -0.901. The van der Waals surface area contributed by atoms with E-state index in [4.69, 9.17) is 9.47 Å². The first-order chi connectivity index (χ1) is 12.4. The van der Waals surface area contributed by atoms with E-state index in [9.17, 15) is 9.18 Å². The quantitative estimate of drug-likeness (QED) is 0.752. The Bertz CT molecular complexity index is 853. The lowest BCUT2D eigenvalue weighted by molar-refractivity contribution is 0.00695. The Morgan fingerprint density at radius 2 is 1.96 bits per heavy atom. The lowest BCUT2D eigenvalue weighted by atomic mass is 9.94. The Balaban J connectivity index is 2.20. The minimum atomic E-state index is -0.666. The summed E-state index contributed by atoms with van der Waals surface area (Å²) in [6.45, 7) is 6.44. The van der Waals surface area contributed by atoms with Gasteiger partial charge in [-0.05, 0) is 44.9 Å². The molecule has 5 heteroatoms. The van der Waals surface area contributed by atoms with Crippen molar-refractivity contribution in [2.24, 2.45) is 0 Å². The van der Waals surface area contributed by atoms with E-state index in [-0.39, 0.29) is 0 Å². The maximum atomic E-state index is 14.4. The fraction of sp³-hybridized carbons (Fsp3) is 0.333. The fourth-order valence-corrected chi connectivity index (χ4v) is 2.89. The Morgan fingerprint density at radius 1 is 1.19 bits per heavy atom. The molecule has 0 unspecified atom stereocenters. The van der Waals surface area contributed by atoms with Crippen molar-refractivity contribution in [3.05, 3.63) is 59.7 Å². The second kappa shape index (κ2) is 7.38. The lowest BCUT2D eigenvalue weighted by Gasteiger charge is -2.23. The van der Waals surface area contributed by atoms with Gasteiger partial charge in [0.05, 0.1) is 24.5 Å². The topological polar surface area (TPSA) is 48.4 Å². The van der Waals surface area contributed by atoms with E-state index in [1.807, 2.05) is 6.08 Å². The van der Waals surface area contributed by atoms with E-state index in [0.717, 1.165) is 5.57 Å². The van der Waals surface area contributed by atoms with Crippen molar-refractivity contribution in [2.75, 3.05) is 13.2 Å². The lowest BCUT2D eigenvalue weighted by Crippen LogP contribution is -2.25. The van der Waals surface area contributed by atoms with E-state index >= 15 is 0 Å².